The molecule has 3 rings (SSSR count). The van der Waals surface area contributed by atoms with Crippen molar-refractivity contribution in [2.45, 2.75) is 62.4 Å². The molecule has 1 aromatic rings. The van der Waals surface area contributed by atoms with E-state index in [1.54, 1.807) is 0 Å². The van der Waals surface area contributed by atoms with Crippen molar-refractivity contribution in [1.82, 2.24) is 10.0 Å². The van der Waals surface area contributed by atoms with E-state index in [4.69, 9.17) is 4.74 Å². The first-order chi connectivity index (χ1) is 13.3. The van der Waals surface area contributed by atoms with E-state index in [2.05, 4.69) is 15.4 Å². The molecule has 3 N–H and O–H groups in total. The summed E-state index contributed by atoms with van der Waals surface area (Å²) in [6, 6.07) is 3.67. The van der Waals surface area contributed by atoms with Crippen LogP contribution in [0.2, 0.25) is 0 Å². The molecule has 2 aliphatic rings. The zero-order valence-corrected chi connectivity index (χ0v) is 17.0. The number of nitrogens with one attached hydrogen (secondary N) is 3. The minimum atomic E-state index is -3.66. The van der Waals surface area contributed by atoms with Gasteiger partial charge in [-0.3, -0.25) is 9.59 Å². The van der Waals surface area contributed by atoms with Crippen LogP contribution in [0.5, 0.6) is 5.75 Å². The normalized spacial score (nSPS) is 18.5. The summed E-state index contributed by atoms with van der Waals surface area (Å²) in [5, 5.41) is 5.49. The Morgan fingerprint density at radius 3 is 2.39 bits per heavy atom. The molecule has 0 heterocycles. The number of ether oxygens (including phenoxy) is 1. The lowest BCUT2D eigenvalue weighted by Gasteiger charge is -2.24. The fourth-order valence-corrected chi connectivity index (χ4v) is 4.89. The number of benzene rings is 1. The molecule has 1 atom stereocenters. The highest BCUT2D eigenvalue weighted by Gasteiger charge is 2.32. The number of methoxy groups -OCH3 is 1. The van der Waals surface area contributed by atoms with Crippen LogP contribution in [0.15, 0.2) is 23.1 Å². The van der Waals surface area contributed by atoms with E-state index in [-0.39, 0.29) is 34.4 Å². The van der Waals surface area contributed by atoms with Gasteiger partial charge >= 0.3 is 0 Å². The second-order valence-electron chi connectivity index (χ2n) is 7.47. The maximum absolute atomic E-state index is 12.9. The molecule has 154 valence electrons. The fraction of sp³-hybridized carbons (Fsp3) is 0.579. The van der Waals surface area contributed by atoms with Crippen molar-refractivity contribution in [2.75, 3.05) is 12.4 Å². The highest BCUT2D eigenvalue weighted by Crippen LogP contribution is 2.31. The summed E-state index contributed by atoms with van der Waals surface area (Å²) in [5.74, 6) is -0.223. The zero-order chi connectivity index (χ0) is 20.3. The maximum atomic E-state index is 12.9. The van der Waals surface area contributed by atoms with Crippen molar-refractivity contribution in [3.05, 3.63) is 18.2 Å². The first-order valence-electron chi connectivity index (χ1n) is 9.58. The summed E-state index contributed by atoms with van der Waals surface area (Å²) in [4.78, 5) is 24.5. The lowest BCUT2D eigenvalue weighted by Crippen LogP contribution is -2.47. The van der Waals surface area contributed by atoms with Crippen molar-refractivity contribution >= 4 is 27.5 Å². The van der Waals surface area contributed by atoms with Crippen LogP contribution >= 0.6 is 0 Å². The van der Waals surface area contributed by atoms with E-state index >= 15 is 0 Å². The van der Waals surface area contributed by atoms with E-state index in [9.17, 15) is 18.0 Å². The Hall–Kier alpha value is -2.13. The first-order valence-corrected chi connectivity index (χ1v) is 11.1. The number of sulfonamides is 1. The highest BCUT2D eigenvalue weighted by atomic mass is 32.2. The third-order valence-electron chi connectivity index (χ3n) is 5.15. The van der Waals surface area contributed by atoms with Crippen LogP contribution in [-0.4, -0.2) is 39.4 Å². The van der Waals surface area contributed by atoms with Crippen LogP contribution in [0.1, 0.15) is 45.4 Å². The summed E-state index contributed by atoms with van der Waals surface area (Å²) in [6.45, 7) is 1.38. The van der Waals surface area contributed by atoms with Crippen LogP contribution in [0, 0.1) is 5.92 Å². The molecule has 2 amide bonds. The van der Waals surface area contributed by atoms with Gasteiger partial charge in [0.15, 0.2) is 0 Å². The monoisotopic (exact) mass is 409 g/mol. The molecule has 2 saturated carbocycles. The van der Waals surface area contributed by atoms with E-state index in [0.29, 0.717) is 5.75 Å². The van der Waals surface area contributed by atoms with E-state index in [1.807, 2.05) is 0 Å². The third-order valence-corrected chi connectivity index (χ3v) is 6.67. The Bertz CT molecular complexity index is 845. The van der Waals surface area contributed by atoms with Crippen LogP contribution < -0.4 is 20.1 Å². The largest absolute Gasteiger partial charge is 0.495 e. The van der Waals surface area contributed by atoms with Gasteiger partial charge in [0.05, 0.1) is 17.7 Å². The van der Waals surface area contributed by atoms with Gasteiger partial charge in [-0.2, -0.15) is 0 Å². The van der Waals surface area contributed by atoms with E-state index in [1.165, 1.54) is 32.2 Å². The summed E-state index contributed by atoms with van der Waals surface area (Å²) >= 11 is 0. The average Bonchev–Trinajstić information content (AvgIpc) is 3.27. The van der Waals surface area contributed by atoms with Gasteiger partial charge in [0.25, 0.3) is 0 Å². The lowest BCUT2D eigenvalue weighted by atomic mass is 9.97. The van der Waals surface area contributed by atoms with E-state index in [0.717, 1.165) is 38.5 Å². The molecule has 0 bridgehead atoms. The van der Waals surface area contributed by atoms with Gasteiger partial charge in [-0.05, 0) is 49.8 Å². The van der Waals surface area contributed by atoms with Crippen LogP contribution in [0.4, 0.5) is 5.69 Å². The third kappa shape index (κ3) is 5.02. The van der Waals surface area contributed by atoms with Crippen LogP contribution in [0.3, 0.4) is 0 Å². The molecule has 0 aromatic heterocycles. The van der Waals surface area contributed by atoms with Crippen molar-refractivity contribution < 1.29 is 22.7 Å². The maximum Gasteiger partial charge on any atom is 0.247 e. The Morgan fingerprint density at radius 2 is 1.82 bits per heavy atom. The smallest absolute Gasteiger partial charge is 0.247 e. The number of carbonyl (C=O) groups excluding carboxylic acids is 2. The standard InChI is InChI=1S/C19H27N3O5S/c1-12(23)20-18(13-5-3-4-6-13)19(24)21-16-11-15(9-10-17(16)27-2)28(25,26)22-14-7-8-14/h9-11,13-14,18,22H,3-8H2,1-2H3,(H,20,23)(H,21,24). The van der Waals surface area contributed by atoms with Crippen LogP contribution in [-0.2, 0) is 19.6 Å². The number of rotatable bonds is 8. The van der Waals surface area contributed by atoms with Gasteiger partial charge < -0.3 is 15.4 Å². The SMILES string of the molecule is COc1ccc(S(=O)(=O)NC2CC2)cc1NC(=O)C(NC(C)=O)C1CCCC1. The molecule has 8 nitrogen and oxygen atoms in total. The molecule has 2 fully saturated rings. The van der Waals surface area contributed by atoms with Crippen molar-refractivity contribution in [2.24, 2.45) is 5.92 Å². The van der Waals surface area contributed by atoms with Gasteiger partial charge in [0, 0.05) is 13.0 Å². The van der Waals surface area contributed by atoms with Gasteiger partial charge in [-0.1, -0.05) is 12.8 Å². The quantitative estimate of drug-likeness (QED) is 0.606. The molecule has 0 saturated heterocycles. The van der Waals surface area contributed by atoms with Gasteiger partial charge in [0.1, 0.15) is 11.8 Å². The molecule has 9 heteroatoms. The Morgan fingerprint density at radius 1 is 1.14 bits per heavy atom. The second-order valence-corrected chi connectivity index (χ2v) is 9.18. The Kier molecular flexibility index (Phi) is 6.24. The summed E-state index contributed by atoms with van der Waals surface area (Å²) in [5.41, 5.74) is 0.263. The predicted octanol–water partition coefficient (Wildman–Crippen LogP) is 1.77. The van der Waals surface area contributed by atoms with Gasteiger partial charge in [0.2, 0.25) is 21.8 Å². The molecule has 0 spiro atoms. The molecule has 2 aliphatic carbocycles. The number of carbonyl (C=O) groups is 2. The first kappa shape index (κ1) is 20.6. The molecule has 28 heavy (non-hydrogen) atoms. The highest BCUT2D eigenvalue weighted by molar-refractivity contribution is 7.89. The van der Waals surface area contributed by atoms with Gasteiger partial charge in [-0.15, -0.1) is 0 Å². The zero-order valence-electron chi connectivity index (χ0n) is 16.2. The van der Waals surface area contributed by atoms with Gasteiger partial charge in [-0.25, -0.2) is 13.1 Å². The molecular formula is C19H27N3O5S. The van der Waals surface area contributed by atoms with E-state index < -0.39 is 16.1 Å². The average molecular weight is 410 g/mol. The fourth-order valence-electron chi connectivity index (χ4n) is 3.56. The molecular weight excluding hydrogens is 382 g/mol. The van der Waals surface area contributed by atoms with Crippen molar-refractivity contribution in [1.29, 1.82) is 0 Å². The molecule has 0 aliphatic heterocycles. The molecule has 1 aromatic carbocycles. The second kappa shape index (κ2) is 8.48. The minimum absolute atomic E-state index is 0.0170. The number of anilines is 1. The van der Waals surface area contributed by atoms with Crippen molar-refractivity contribution in [3.63, 3.8) is 0 Å². The van der Waals surface area contributed by atoms with Crippen molar-refractivity contribution in [3.8, 4) is 5.75 Å². The number of amides is 2. The topological polar surface area (TPSA) is 114 Å². The Labute approximate surface area is 165 Å². The minimum Gasteiger partial charge on any atom is -0.495 e. The summed E-state index contributed by atoms with van der Waals surface area (Å²) < 4.78 is 32.9. The molecule has 0 radical (unpaired) electrons. The lowest BCUT2D eigenvalue weighted by molar-refractivity contribution is -0.126. The number of hydrogen-bond donors (Lipinski definition) is 3. The predicted molar refractivity (Wildman–Crippen MR) is 105 cm³/mol. The molecule has 1 unspecified atom stereocenters. The summed E-state index contributed by atoms with van der Waals surface area (Å²) in [6.07, 6.45) is 5.46. The summed E-state index contributed by atoms with van der Waals surface area (Å²) in [7, 11) is -2.21. The Balaban J connectivity index is 1.83. The number of hydrogen-bond acceptors (Lipinski definition) is 5. The van der Waals surface area contributed by atoms with Crippen LogP contribution in [0.25, 0.3) is 0 Å².